The highest BCUT2D eigenvalue weighted by Gasteiger charge is 2.36. The van der Waals surface area contributed by atoms with Crippen LogP contribution in [0.5, 0.6) is 5.88 Å². The molecule has 0 amide bonds. The van der Waals surface area contributed by atoms with E-state index in [1.807, 2.05) is 23.6 Å². The quantitative estimate of drug-likeness (QED) is 0.427. The van der Waals surface area contributed by atoms with Gasteiger partial charge >= 0.3 is 0 Å². The maximum absolute atomic E-state index is 6.18. The number of ether oxygens (including phenoxy) is 1. The summed E-state index contributed by atoms with van der Waals surface area (Å²) >= 11 is 1.82. The van der Waals surface area contributed by atoms with Crippen LogP contribution in [0.15, 0.2) is 18.3 Å². The summed E-state index contributed by atoms with van der Waals surface area (Å²) < 4.78 is 12.0. The van der Waals surface area contributed by atoms with Gasteiger partial charge in [0.05, 0.1) is 12.3 Å². The first-order chi connectivity index (χ1) is 12.8. The summed E-state index contributed by atoms with van der Waals surface area (Å²) in [4.78, 5) is 10.7. The van der Waals surface area contributed by atoms with Crippen LogP contribution in [0, 0.1) is 0 Å². The third-order valence-corrected chi connectivity index (χ3v) is 11.4. The molecule has 2 heterocycles. The highest BCUT2D eigenvalue weighted by molar-refractivity contribution is 7.15. The van der Waals surface area contributed by atoms with Gasteiger partial charge in [-0.3, -0.25) is 0 Å². The van der Waals surface area contributed by atoms with Crippen molar-refractivity contribution >= 4 is 19.7 Å². The number of nitrogens with zero attached hydrogens (tertiary/aromatic N) is 2. The fourth-order valence-corrected chi connectivity index (χ4v) is 5.07. The Bertz CT molecular complexity index is 727. The fourth-order valence-electron chi connectivity index (χ4n) is 2.85. The van der Waals surface area contributed by atoms with E-state index in [9.17, 15) is 0 Å². The van der Waals surface area contributed by atoms with Gasteiger partial charge < -0.3 is 9.16 Å². The molecule has 0 fully saturated rings. The second kappa shape index (κ2) is 8.41. The zero-order chi connectivity index (χ0) is 19.5. The number of fused-ring (bicyclic) bond motifs is 1. The van der Waals surface area contributed by atoms with Crippen LogP contribution in [-0.4, -0.2) is 31.5 Å². The van der Waals surface area contributed by atoms with Crippen LogP contribution in [0.4, 0.5) is 0 Å². The Morgan fingerprint density at radius 1 is 1.11 bits per heavy atom. The van der Waals surface area contributed by atoms with Crippen LogP contribution < -0.4 is 4.74 Å². The lowest BCUT2D eigenvalue weighted by molar-refractivity contribution is 0.229. The molecule has 0 aromatic carbocycles. The van der Waals surface area contributed by atoms with Crippen LogP contribution in [0.2, 0.25) is 18.1 Å². The molecule has 2 aromatic heterocycles. The third kappa shape index (κ3) is 5.18. The van der Waals surface area contributed by atoms with Crippen molar-refractivity contribution in [2.75, 3.05) is 13.2 Å². The van der Waals surface area contributed by atoms with Gasteiger partial charge in [0.1, 0.15) is 5.01 Å². The molecule has 27 heavy (non-hydrogen) atoms. The molecular weight excluding hydrogens is 372 g/mol. The number of thiazole rings is 1. The molecule has 4 nitrogen and oxygen atoms in total. The average molecular weight is 405 g/mol. The summed E-state index contributed by atoms with van der Waals surface area (Å²) in [5, 5.41) is 1.34. The third-order valence-electron chi connectivity index (χ3n) is 5.64. The number of pyridine rings is 1. The summed E-state index contributed by atoms with van der Waals surface area (Å²) in [5.41, 5.74) is 2.38. The highest BCUT2D eigenvalue weighted by Crippen LogP contribution is 2.36. The molecule has 2 aromatic rings. The molecule has 1 aliphatic carbocycles. The van der Waals surface area contributed by atoms with Crippen LogP contribution in [0.25, 0.3) is 10.6 Å². The molecule has 0 saturated heterocycles. The van der Waals surface area contributed by atoms with Crippen LogP contribution in [0.3, 0.4) is 0 Å². The monoisotopic (exact) mass is 404 g/mol. The van der Waals surface area contributed by atoms with E-state index in [1.165, 1.54) is 29.8 Å². The zero-order valence-electron chi connectivity index (χ0n) is 17.3. The normalized spacial score (nSPS) is 14.9. The number of aromatic nitrogens is 2. The smallest absolute Gasteiger partial charge is 0.213 e. The van der Waals surface area contributed by atoms with E-state index in [1.54, 1.807) is 0 Å². The van der Waals surface area contributed by atoms with Crippen molar-refractivity contribution in [1.82, 2.24) is 9.97 Å². The first-order valence-electron chi connectivity index (χ1n) is 9.98. The summed E-state index contributed by atoms with van der Waals surface area (Å²) in [6, 6.07) is 4.02. The number of hydrogen-bond acceptors (Lipinski definition) is 5. The maximum Gasteiger partial charge on any atom is 0.213 e. The topological polar surface area (TPSA) is 44.2 Å². The molecule has 0 N–H and O–H groups in total. The van der Waals surface area contributed by atoms with Crippen molar-refractivity contribution in [3.05, 3.63) is 28.9 Å². The second-order valence-electron chi connectivity index (χ2n) is 8.79. The van der Waals surface area contributed by atoms with Gasteiger partial charge in [-0.2, -0.15) is 0 Å². The molecule has 0 spiro atoms. The Kier molecular flexibility index (Phi) is 6.38. The SMILES string of the molecule is CC(C)(C)[Si](C)(C)OCCCOc1ccc(-c2nc3c(s2)CCCC3)cn1. The standard InChI is InChI=1S/C21H32N2O2SSi/c1-21(2,3)27(4,5)25-14-8-13-24-19-12-11-16(15-22-19)20-23-17-9-6-7-10-18(17)26-20/h11-12,15H,6-10,13-14H2,1-5H3. The molecule has 3 rings (SSSR count). The summed E-state index contributed by atoms with van der Waals surface area (Å²) in [6.07, 6.45) is 7.62. The van der Waals surface area contributed by atoms with E-state index in [4.69, 9.17) is 14.1 Å². The lowest BCUT2D eigenvalue weighted by atomic mass is 10.0. The molecule has 0 radical (unpaired) electrons. The first kappa shape index (κ1) is 20.5. The predicted octanol–water partition coefficient (Wildman–Crippen LogP) is 5.87. The molecular formula is C21H32N2O2SSi. The number of hydrogen-bond donors (Lipinski definition) is 0. The van der Waals surface area contributed by atoms with Crippen molar-refractivity contribution in [3.63, 3.8) is 0 Å². The summed E-state index contributed by atoms with van der Waals surface area (Å²) in [6.45, 7) is 12.7. The van der Waals surface area contributed by atoms with Gasteiger partial charge in [-0.1, -0.05) is 20.8 Å². The molecule has 1 aliphatic rings. The minimum atomic E-state index is -1.66. The maximum atomic E-state index is 6.18. The van der Waals surface area contributed by atoms with Gasteiger partial charge in [0.15, 0.2) is 8.32 Å². The zero-order valence-corrected chi connectivity index (χ0v) is 19.1. The Labute approximate surface area is 168 Å². The van der Waals surface area contributed by atoms with E-state index in [2.05, 4.69) is 44.9 Å². The lowest BCUT2D eigenvalue weighted by Crippen LogP contribution is -2.41. The molecule has 0 saturated carbocycles. The Balaban J connectivity index is 1.46. The molecule has 0 aliphatic heterocycles. The largest absolute Gasteiger partial charge is 0.478 e. The highest BCUT2D eigenvalue weighted by atomic mass is 32.1. The van der Waals surface area contributed by atoms with Crippen LogP contribution in [0.1, 0.15) is 50.6 Å². The Morgan fingerprint density at radius 2 is 1.89 bits per heavy atom. The van der Waals surface area contributed by atoms with Gasteiger partial charge in [0.2, 0.25) is 5.88 Å². The second-order valence-corrected chi connectivity index (χ2v) is 14.7. The van der Waals surface area contributed by atoms with E-state index >= 15 is 0 Å². The minimum absolute atomic E-state index is 0.250. The van der Waals surface area contributed by atoms with Crippen molar-refractivity contribution in [2.24, 2.45) is 0 Å². The van der Waals surface area contributed by atoms with Gasteiger partial charge in [-0.15, -0.1) is 11.3 Å². The van der Waals surface area contributed by atoms with E-state index < -0.39 is 8.32 Å². The van der Waals surface area contributed by atoms with E-state index in [0.717, 1.165) is 30.0 Å². The van der Waals surface area contributed by atoms with Gasteiger partial charge in [0.25, 0.3) is 0 Å². The summed E-state index contributed by atoms with van der Waals surface area (Å²) in [5.74, 6) is 0.674. The van der Waals surface area contributed by atoms with E-state index in [-0.39, 0.29) is 5.04 Å². The fraction of sp³-hybridized carbons (Fsp3) is 0.619. The molecule has 0 atom stereocenters. The number of rotatable bonds is 7. The Hall–Kier alpha value is -1.24. The average Bonchev–Trinajstić information content (AvgIpc) is 3.05. The molecule has 0 unspecified atom stereocenters. The van der Waals surface area contributed by atoms with Gasteiger partial charge in [-0.05, 0) is 49.9 Å². The van der Waals surface area contributed by atoms with Crippen molar-refractivity contribution < 1.29 is 9.16 Å². The lowest BCUT2D eigenvalue weighted by Gasteiger charge is -2.36. The summed E-state index contributed by atoms with van der Waals surface area (Å²) in [7, 11) is -1.66. The van der Waals surface area contributed by atoms with Crippen LogP contribution in [-0.2, 0) is 17.3 Å². The van der Waals surface area contributed by atoms with Crippen LogP contribution >= 0.6 is 11.3 Å². The van der Waals surface area contributed by atoms with Gasteiger partial charge in [0, 0.05) is 35.7 Å². The molecule has 6 heteroatoms. The van der Waals surface area contributed by atoms with E-state index in [0.29, 0.717) is 12.5 Å². The molecule has 148 valence electrons. The van der Waals surface area contributed by atoms with Crippen molar-refractivity contribution in [1.29, 1.82) is 0 Å². The predicted molar refractivity (Wildman–Crippen MR) is 115 cm³/mol. The molecule has 0 bridgehead atoms. The Morgan fingerprint density at radius 3 is 2.56 bits per heavy atom. The number of aryl methyl sites for hydroxylation is 2. The first-order valence-corrected chi connectivity index (χ1v) is 13.7. The minimum Gasteiger partial charge on any atom is -0.478 e. The van der Waals surface area contributed by atoms with Crippen molar-refractivity contribution in [2.45, 2.75) is 71.0 Å². The van der Waals surface area contributed by atoms with Crippen molar-refractivity contribution in [3.8, 4) is 16.5 Å². The van der Waals surface area contributed by atoms with Gasteiger partial charge in [-0.25, -0.2) is 9.97 Å².